The van der Waals surface area contributed by atoms with Crippen LogP contribution in [0.1, 0.15) is 46.6 Å². The molecule has 0 fully saturated rings. The molecule has 3 aliphatic heterocycles. The summed E-state index contributed by atoms with van der Waals surface area (Å²) in [6, 6.07) is 20.2. The molecule has 254 valence electrons. The molecule has 2 atom stereocenters. The molecule has 11 rings (SSSR count). The number of ether oxygens (including phenoxy) is 1. The summed E-state index contributed by atoms with van der Waals surface area (Å²) in [5.41, 5.74) is 7.59. The lowest BCUT2D eigenvalue weighted by Crippen LogP contribution is -2.60. The van der Waals surface area contributed by atoms with Gasteiger partial charge in [0.15, 0.2) is 17.2 Å². The summed E-state index contributed by atoms with van der Waals surface area (Å²) in [4.78, 5) is 35.9. The van der Waals surface area contributed by atoms with Crippen LogP contribution in [0.25, 0.3) is 44.9 Å². The third kappa shape index (κ3) is 4.16. The quantitative estimate of drug-likeness (QED) is 0.225. The van der Waals surface area contributed by atoms with Crippen molar-refractivity contribution >= 4 is 50.6 Å². The summed E-state index contributed by atoms with van der Waals surface area (Å²) in [5.74, 6) is 1.17. The number of rotatable bonds is 5. The van der Waals surface area contributed by atoms with Crippen molar-refractivity contribution in [2.45, 2.75) is 31.0 Å². The Morgan fingerprint density at radius 2 is 1.73 bits per heavy atom. The number of anilines is 1. The molecule has 0 bridgehead atoms. The molecule has 0 aliphatic carbocycles. The second kappa shape index (κ2) is 11.1. The van der Waals surface area contributed by atoms with Gasteiger partial charge in [-0.2, -0.15) is 10.1 Å². The number of fused-ring (bicyclic) bond motifs is 5. The zero-order valence-corrected chi connectivity index (χ0v) is 27.6. The number of hydrazine groups is 1. The molecule has 2 unspecified atom stereocenters. The molecular formula is C37H29N13O2. The number of oxazole rings is 1. The highest BCUT2D eigenvalue weighted by atomic mass is 16.6. The van der Waals surface area contributed by atoms with Gasteiger partial charge in [0.05, 0.1) is 23.6 Å². The Balaban J connectivity index is 1.28. The van der Waals surface area contributed by atoms with E-state index in [0.29, 0.717) is 64.0 Å². The van der Waals surface area contributed by atoms with Gasteiger partial charge in [0.25, 0.3) is 11.6 Å². The average Bonchev–Trinajstić information content (AvgIpc) is 4.00. The first kappa shape index (κ1) is 29.0. The molecule has 0 radical (unpaired) electrons. The maximum atomic E-state index is 7.62. The number of aromatic amines is 2. The van der Waals surface area contributed by atoms with Gasteiger partial charge in [-0.05, 0) is 60.7 Å². The van der Waals surface area contributed by atoms with E-state index in [1.807, 2.05) is 12.1 Å². The Morgan fingerprint density at radius 3 is 2.67 bits per heavy atom. The highest BCUT2D eigenvalue weighted by molar-refractivity contribution is 5.96. The largest absolute Gasteiger partial charge is 0.449 e. The van der Waals surface area contributed by atoms with Crippen molar-refractivity contribution in [1.82, 2.24) is 60.4 Å². The fourth-order valence-corrected chi connectivity index (χ4v) is 7.92. The van der Waals surface area contributed by atoms with Crippen LogP contribution in [0.15, 0.2) is 96.3 Å². The van der Waals surface area contributed by atoms with E-state index >= 15 is 0 Å². The average molecular weight is 688 g/mol. The molecule has 2 aromatic carbocycles. The maximum absolute atomic E-state index is 7.62. The second-order valence-electron chi connectivity index (χ2n) is 13.0. The van der Waals surface area contributed by atoms with Gasteiger partial charge in [-0.3, -0.25) is 10.1 Å². The van der Waals surface area contributed by atoms with E-state index in [4.69, 9.17) is 29.2 Å². The van der Waals surface area contributed by atoms with Crippen LogP contribution in [-0.4, -0.2) is 68.2 Å². The topological polar surface area (TPSA) is 176 Å². The highest BCUT2D eigenvalue weighted by Gasteiger charge is 2.63. The normalized spacial score (nSPS) is 20.1. The Bertz CT molecular complexity index is 2630. The Kier molecular flexibility index (Phi) is 6.22. The van der Waals surface area contributed by atoms with Crippen molar-refractivity contribution in [3.05, 3.63) is 126 Å². The lowest BCUT2D eigenvalue weighted by Gasteiger charge is -2.50. The van der Waals surface area contributed by atoms with Crippen molar-refractivity contribution in [1.29, 1.82) is 0 Å². The van der Waals surface area contributed by atoms with Crippen molar-refractivity contribution in [3.8, 4) is 0 Å². The number of imidazole rings is 1. The summed E-state index contributed by atoms with van der Waals surface area (Å²) in [5, 5.41) is 16.4. The zero-order valence-electron chi connectivity index (χ0n) is 27.6. The Morgan fingerprint density at radius 1 is 0.846 bits per heavy atom. The van der Waals surface area contributed by atoms with Crippen LogP contribution in [-0.2, 0) is 23.3 Å². The van der Waals surface area contributed by atoms with Crippen LogP contribution in [0.3, 0.4) is 0 Å². The van der Waals surface area contributed by atoms with E-state index in [2.05, 4.69) is 93.9 Å². The molecule has 0 saturated heterocycles. The number of nitrogens with one attached hydrogen (secondary N) is 3. The molecule has 0 amide bonds. The van der Waals surface area contributed by atoms with Crippen molar-refractivity contribution in [2.75, 3.05) is 18.1 Å². The van der Waals surface area contributed by atoms with Crippen LogP contribution in [0.5, 0.6) is 0 Å². The fourth-order valence-electron chi connectivity index (χ4n) is 7.92. The molecule has 3 aliphatic rings. The van der Waals surface area contributed by atoms with E-state index in [0.717, 1.165) is 36.0 Å². The molecule has 6 aromatic heterocycles. The zero-order chi connectivity index (χ0) is 34.2. The number of pyridine rings is 1. The molecule has 3 N–H and O–H groups in total. The van der Waals surface area contributed by atoms with E-state index < -0.39 is 11.8 Å². The molecule has 15 nitrogen and oxygen atoms in total. The molecular weight excluding hydrogens is 658 g/mol. The van der Waals surface area contributed by atoms with Crippen molar-refractivity contribution in [3.63, 3.8) is 0 Å². The van der Waals surface area contributed by atoms with Gasteiger partial charge in [-0.15, -0.1) is 0 Å². The first-order valence-electron chi connectivity index (χ1n) is 17.2. The second-order valence-corrected chi connectivity index (χ2v) is 13.0. The smallest absolute Gasteiger partial charge is 0.297 e. The van der Waals surface area contributed by atoms with Crippen LogP contribution in [0.4, 0.5) is 5.69 Å². The Labute approximate surface area is 294 Å². The van der Waals surface area contributed by atoms with E-state index in [9.17, 15) is 0 Å². The van der Waals surface area contributed by atoms with Crippen LogP contribution in [0.2, 0.25) is 0 Å². The van der Waals surface area contributed by atoms with Gasteiger partial charge in [0.1, 0.15) is 46.6 Å². The lowest BCUT2D eigenvalue weighted by atomic mass is 9.86. The number of hydrogen-bond donors (Lipinski definition) is 3. The minimum absolute atomic E-state index is 0.288. The number of para-hydroxylation sites is 1. The highest BCUT2D eigenvalue weighted by Crippen LogP contribution is 2.57. The summed E-state index contributed by atoms with van der Waals surface area (Å²) in [7, 11) is 0. The van der Waals surface area contributed by atoms with Gasteiger partial charge in [-0.1, -0.05) is 42.5 Å². The first-order valence-corrected chi connectivity index (χ1v) is 17.2. The van der Waals surface area contributed by atoms with Gasteiger partial charge in [0, 0.05) is 12.7 Å². The molecule has 0 saturated carbocycles. The van der Waals surface area contributed by atoms with E-state index in [-0.39, 0.29) is 5.89 Å². The molecule has 15 heteroatoms. The van der Waals surface area contributed by atoms with E-state index in [1.165, 1.54) is 23.8 Å². The number of nitrogens with zero attached hydrogens (tertiary/aromatic N) is 10. The third-order valence-electron chi connectivity index (χ3n) is 10.1. The Hall–Kier alpha value is -6.74. The summed E-state index contributed by atoms with van der Waals surface area (Å²) < 4.78 is 14.3. The van der Waals surface area contributed by atoms with Gasteiger partial charge in [0.2, 0.25) is 5.71 Å². The third-order valence-corrected chi connectivity index (χ3v) is 10.1. The first-order chi connectivity index (χ1) is 25.8. The predicted molar refractivity (Wildman–Crippen MR) is 190 cm³/mol. The van der Waals surface area contributed by atoms with Crippen LogP contribution >= 0.6 is 0 Å². The van der Waals surface area contributed by atoms with Crippen molar-refractivity contribution in [2.24, 2.45) is 0 Å². The monoisotopic (exact) mass is 687 g/mol. The van der Waals surface area contributed by atoms with Gasteiger partial charge < -0.3 is 19.5 Å². The minimum atomic E-state index is -1.50. The summed E-state index contributed by atoms with van der Waals surface area (Å²) >= 11 is 0. The number of hydrogen-bond acceptors (Lipinski definition) is 13. The predicted octanol–water partition coefficient (Wildman–Crippen LogP) is 4.82. The summed E-state index contributed by atoms with van der Waals surface area (Å²) in [6.45, 7) is 1.35. The number of benzene rings is 2. The minimum Gasteiger partial charge on any atom is -0.449 e. The number of H-pyrrole nitrogens is 2. The van der Waals surface area contributed by atoms with Crippen molar-refractivity contribution < 1.29 is 9.15 Å². The summed E-state index contributed by atoms with van der Waals surface area (Å²) in [6.07, 6.45) is 10.7. The lowest BCUT2D eigenvalue weighted by molar-refractivity contribution is -0.116. The van der Waals surface area contributed by atoms with Gasteiger partial charge in [-0.25, -0.2) is 34.9 Å². The fraction of sp³-hybridized carbons (Fsp3) is 0.189. The number of aromatic nitrogens is 10. The molecule has 9 heterocycles. The molecule has 8 aromatic rings. The molecule has 0 spiro atoms. The molecule has 52 heavy (non-hydrogen) atoms. The van der Waals surface area contributed by atoms with E-state index in [1.54, 1.807) is 18.6 Å². The van der Waals surface area contributed by atoms with Crippen LogP contribution < -0.4 is 10.3 Å². The standard InChI is InChI=1S/C37H29N13O2/c1-3-10-23-21(7-1)13-15-40-32(23)37(36-45-26-18-39-20-43-35(26)51-36)50(49-16-6-9-22-8-2-4-12-27(22)49)30(29-28-25(47-48-29)17-38-19-42-28)31(52-37)34-44-24-11-5-14-41-33(24)46-34/h1-5,7-8,10-12,14,17-20,32,40H,6,9,13,15-16H2,(H,47,48)(H,41,44,46). The maximum Gasteiger partial charge on any atom is 0.297 e. The SMILES string of the molecule is c1ccc2c(c1)CCNC2C1(c2nc3cncnc3o2)OC(c2nc3ncccc3[nH]2)=C(c2n[nH]c3cncnc23)N1N1CCCc2ccccc21. The van der Waals surface area contributed by atoms with Gasteiger partial charge >= 0.3 is 0 Å². The number of aryl methyl sites for hydroxylation is 1. The van der Waals surface area contributed by atoms with Crippen LogP contribution in [0, 0.1) is 0 Å².